The lowest BCUT2D eigenvalue weighted by Crippen LogP contribution is -2.34. The number of nitrogens with zero attached hydrogens (tertiary/aromatic N) is 4. The summed E-state index contributed by atoms with van der Waals surface area (Å²) >= 11 is 0. The second kappa shape index (κ2) is 7.04. The molecule has 0 spiro atoms. The number of nitrogen functional groups attached to an aromatic ring is 1. The number of imidazole rings is 1. The average molecular weight is 327 g/mol. The number of aromatic nitrogens is 4. The molecular weight excluding hydrogens is 306 g/mol. The first-order valence-electron chi connectivity index (χ1n) is 7.03. The first kappa shape index (κ1) is 17.3. The molecule has 23 heavy (non-hydrogen) atoms. The minimum absolute atomic E-state index is 0.0367. The van der Waals surface area contributed by atoms with Crippen molar-refractivity contribution in [3.8, 4) is 0 Å². The smallest absolute Gasteiger partial charge is 0.282 e. The zero-order valence-corrected chi connectivity index (χ0v) is 13.2. The zero-order valence-electron chi connectivity index (χ0n) is 13.2. The normalized spacial score (nSPS) is 15.7. The molecule has 2 aromatic heterocycles. The number of aliphatic hydroxyl groups excluding tert-OH is 2. The van der Waals surface area contributed by atoms with Crippen molar-refractivity contribution in [1.29, 1.82) is 0 Å². The molecule has 0 aliphatic carbocycles. The highest BCUT2D eigenvalue weighted by Crippen LogP contribution is 2.19. The number of anilines is 1. The highest BCUT2D eigenvalue weighted by atomic mass is 16.6. The third kappa shape index (κ3) is 3.34. The molecule has 128 valence electrons. The van der Waals surface area contributed by atoms with Gasteiger partial charge < -0.3 is 25.4 Å². The lowest BCUT2D eigenvalue weighted by molar-refractivity contribution is -0.136. The lowest BCUT2D eigenvalue weighted by atomic mass is 10.2. The molecule has 0 aliphatic rings. The third-order valence-corrected chi connectivity index (χ3v) is 3.51. The SMILES string of the molecule is COC[C@@H](O[C@H](CO)[C@@H](C)O)n1cnc2c(=O)n(C)c(N)nc21. The molecule has 0 bridgehead atoms. The Kier molecular flexibility index (Phi) is 5.31. The molecule has 10 heteroatoms. The molecule has 10 nitrogen and oxygen atoms in total. The fraction of sp³-hybridized carbons (Fsp3) is 0.615. The summed E-state index contributed by atoms with van der Waals surface area (Å²) in [4.78, 5) is 20.4. The Morgan fingerprint density at radius 1 is 1.48 bits per heavy atom. The molecule has 2 rings (SSSR count). The van der Waals surface area contributed by atoms with Crippen LogP contribution in [0.1, 0.15) is 13.2 Å². The van der Waals surface area contributed by atoms with E-state index in [1.54, 1.807) is 0 Å². The zero-order chi connectivity index (χ0) is 17.1. The maximum absolute atomic E-state index is 12.1. The minimum Gasteiger partial charge on any atom is -0.394 e. The molecule has 0 fully saturated rings. The molecule has 2 aromatic rings. The summed E-state index contributed by atoms with van der Waals surface area (Å²) < 4.78 is 13.5. The largest absolute Gasteiger partial charge is 0.394 e. The van der Waals surface area contributed by atoms with Crippen molar-refractivity contribution >= 4 is 17.1 Å². The number of ether oxygens (including phenoxy) is 2. The Morgan fingerprint density at radius 2 is 2.17 bits per heavy atom. The molecule has 0 unspecified atom stereocenters. The highest BCUT2D eigenvalue weighted by Gasteiger charge is 2.24. The van der Waals surface area contributed by atoms with Gasteiger partial charge in [-0.2, -0.15) is 4.98 Å². The summed E-state index contributed by atoms with van der Waals surface area (Å²) in [6.45, 7) is 1.23. The summed E-state index contributed by atoms with van der Waals surface area (Å²) in [5.41, 5.74) is 5.73. The van der Waals surface area contributed by atoms with Crippen LogP contribution < -0.4 is 11.3 Å². The quantitative estimate of drug-likeness (QED) is 0.565. The van der Waals surface area contributed by atoms with Crippen molar-refractivity contribution in [2.24, 2.45) is 7.05 Å². The molecule has 2 heterocycles. The number of hydrogen-bond donors (Lipinski definition) is 3. The van der Waals surface area contributed by atoms with Gasteiger partial charge in [-0.05, 0) is 6.92 Å². The van der Waals surface area contributed by atoms with Crippen LogP contribution in [-0.2, 0) is 16.5 Å². The predicted octanol–water partition coefficient (Wildman–Crippen LogP) is -1.38. The summed E-state index contributed by atoms with van der Waals surface area (Å²) in [6, 6.07) is 0. The number of rotatable bonds is 7. The molecule has 0 aromatic carbocycles. The van der Waals surface area contributed by atoms with E-state index >= 15 is 0 Å². The second-order valence-electron chi connectivity index (χ2n) is 5.17. The average Bonchev–Trinajstić information content (AvgIpc) is 2.92. The van der Waals surface area contributed by atoms with E-state index < -0.39 is 18.4 Å². The summed E-state index contributed by atoms with van der Waals surface area (Å²) in [7, 11) is 2.98. The van der Waals surface area contributed by atoms with Gasteiger partial charge in [0.25, 0.3) is 5.56 Å². The van der Waals surface area contributed by atoms with Crippen LogP contribution in [0.2, 0.25) is 0 Å². The number of fused-ring (bicyclic) bond motifs is 1. The van der Waals surface area contributed by atoms with Crippen LogP contribution in [0.5, 0.6) is 0 Å². The summed E-state index contributed by atoms with van der Waals surface area (Å²) in [5.74, 6) is 0.0367. The maximum atomic E-state index is 12.1. The maximum Gasteiger partial charge on any atom is 0.282 e. The van der Waals surface area contributed by atoms with Crippen LogP contribution in [0.3, 0.4) is 0 Å². The second-order valence-corrected chi connectivity index (χ2v) is 5.17. The van der Waals surface area contributed by atoms with E-state index in [1.807, 2.05) is 0 Å². The van der Waals surface area contributed by atoms with Gasteiger partial charge in [-0.15, -0.1) is 0 Å². The number of nitrogens with two attached hydrogens (primary N) is 1. The van der Waals surface area contributed by atoms with Gasteiger partial charge in [-0.25, -0.2) is 4.98 Å². The summed E-state index contributed by atoms with van der Waals surface area (Å²) in [5, 5.41) is 18.9. The molecule has 0 aliphatic heterocycles. The molecule has 0 saturated carbocycles. The van der Waals surface area contributed by atoms with Gasteiger partial charge in [-0.3, -0.25) is 13.9 Å². The van der Waals surface area contributed by atoms with Gasteiger partial charge in [0.1, 0.15) is 6.10 Å². The molecular formula is C13H21N5O5. The molecule has 0 radical (unpaired) electrons. The van der Waals surface area contributed by atoms with E-state index in [4.69, 9.17) is 15.2 Å². The fourth-order valence-electron chi connectivity index (χ4n) is 2.11. The Balaban J connectivity index is 2.47. The van der Waals surface area contributed by atoms with Crippen LogP contribution in [0.4, 0.5) is 5.95 Å². The highest BCUT2D eigenvalue weighted by molar-refractivity contribution is 5.70. The number of aliphatic hydroxyl groups is 2. The van der Waals surface area contributed by atoms with Crippen LogP contribution in [0.15, 0.2) is 11.1 Å². The predicted molar refractivity (Wildman–Crippen MR) is 81.7 cm³/mol. The Bertz CT molecular complexity index is 725. The fourth-order valence-corrected chi connectivity index (χ4v) is 2.11. The van der Waals surface area contributed by atoms with Crippen molar-refractivity contribution in [3.05, 3.63) is 16.7 Å². The summed E-state index contributed by atoms with van der Waals surface area (Å²) in [6.07, 6.45) is -1.06. The topological polar surface area (TPSA) is 138 Å². The van der Waals surface area contributed by atoms with Crippen molar-refractivity contribution in [1.82, 2.24) is 19.1 Å². The van der Waals surface area contributed by atoms with Crippen molar-refractivity contribution in [2.45, 2.75) is 25.4 Å². The molecule has 0 saturated heterocycles. The molecule has 4 N–H and O–H groups in total. The van der Waals surface area contributed by atoms with Gasteiger partial charge >= 0.3 is 0 Å². The standard InChI is InChI=1S/C13H21N5O5/c1-7(20)8(4-19)23-9(5-22-3)18-6-15-10-11(18)16-13(14)17(2)12(10)21/h6-9,19-20H,4-5H2,1-3H3,(H2,14,16)/t7-,8-,9-/m1/s1. The Hall–Kier alpha value is -2.01. The van der Waals surface area contributed by atoms with Crippen molar-refractivity contribution in [2.75, 3.05) is 26.1 Å². The van der Waals surface area contributed by atoms with Gasteiger partial charge in [0, 0.05) is 14.2 Å². The van der Waals surface area contributed by atoms with E-state index in [1.165, 1.54) is 36.5 Å². The first-order valence-corrected chi connectivity index (χ1v) is 7.03. The van der Waals surface area contributed by atoms with Crippen LogP contribution >= 0.6 is 0 Å². The van der Waals surface area contributed by atoms with Gasteiger partial charge in [0.15, 0.2) is 17.4 Å². The van der Waals surface area contributed by atoms with Crippen LogP contribution in [0, 0.1) is 0 Å². The van der Waals surface area contributed by atoms with E-state index in [0.717, 1.165) is 0 Å². The van der Waals surface area contributed by atoms with E-state index in [9.17, 15) is 15.0 Å². The molecule has 0 amide bonds. The van der Waals surface area contributed by atoms with E-state index in [0.29, 0.717) is 0 Å². The third-order valence-electron chi connectivity index (χ3n) is 3.51. The van der Waals surface area contributed by atoms with E-state index in [2.05, 4.69) is 9.97 Å². The Labute approximate surface area is 132 Å². The monoisotopic (exact) mass is 327 g/mol. The number of methoxy groups -OCH3 is 1. The van der Waals surface area contributed by atoms with Crippen molar-refractivity contribution in [3.63, 3.8) is 0 Å². The molecule has 3 atom stereocenters. The van der Waals surface area contributed by atoms with Gasteiger partial charge in [0.05, 0.1) is 25.6 Å². The van der Waals surface area contributed by atoms with Gasteiger partial charge in [0.2, 0.25) is 5.95 Å². The first-order chi connectivity index (χ1) is 10.9. The minimum atomic E-state index is -0.889. The number of hydrogen-bond acceptors (Lipinski definition) is 8. The van der Waals surface area contributed by atoms with E-state index in [-0.39, 0.29) is 35.9 Å². The Morgan fingerprint density at radius 3 is 2.74 bits per heavy atom. The lowest BCUT2D eigenvalue weighted by Gasteiger charge is -2.26. The van der Waals surface area contributed by atoms with Gasteiger partial charge in [-0.1, -0.05) is 0 Å². The van der Waals surface area contributed by atoms with Crippen LogP contribution in [0.25, 0.3) is 11.2 Å². The van der Waals surface area contributed by atoms with Crippen LogP contribution in [-0.4, -0.2) is 61.8 Å². The van der Waals surface area contributed by atoms with Crippen molar-refractivity contribution < 1.29 is 19.7 Å².